The molecule has 0 N–H and O–H groups in total. The molecule has 2 nitrogen and oxygen atoms in total. The van der Waals surface area contributed by atoms with Crippen LogP contribution in [0.4, 0.5) is 0 Å². The fourth-order valence-electron chi connectivity index (χ4n) is 3.27. The van der Waals surface area contributed by atoms with Gasteiger partial charge in [-0.3, -0.25) is 4.79 Å². The minimum Gasteiger partial charge on any atom is -0.273 e. The van der Waals surface area contributed by atoms with Crippen LogP contribution < -0.4 is 0 Å². The van der Waals surface area contributed by atoms with E-state index in [-0.39, 0.29) is 5.91 Å². The summed E-state index contributed by atoms with van der Waals surface area (Å²) in [5.41, 5.74) is 1.09. The number of amides is 1. The monoisotopic (exact) mass is 337 g/mol. The molecule has 0 heterocycles. The van der Waals surface area contributed by atoms with Crippen LogP contribution in [0, 0.1) is 5.92 Å². The number of rotatable bonds is 16. The maximum Gasteiger partial charge on any atom is 0.245 e. The van der Waals surface area contributed by atoms with Crippen LogP contribution in [0.1, 0.15) is 124 Å². The van der Waals surface area contributed by atoms with Crippen molar-refractivity contribution in [1.29, 1.82) is 0 Å². The van der Waals surface area contributed by atoms with Crippen molar-refractivity contribution in [3.63, 3.8) is 0 Å². The Balaban J connectivity index is 4.18. The van der Waals surface area contributed by atoms with Gasteiger partial charge in [-0.05, 0) is 25.7 Å². The summed E-state index contributed by atoms with van der Waals surface area (Å²) in [7, 11) is 0. The molecule has 142 valence electrons. The number of carbonyl (C=O) groups is 1. The van der Waals surface area contributed by atoms with Crippen molar-refractivity contribution >= 4 is 11.6 Å². The van der Waals surface area contributed by atoms with Crippen molar-refractivity contribution in [2.45, 2.75) is 124 Å². The smallest absolute Gasteiger partial charge is 0.245 e. The van der Waals surface area contributed by atoms with Crippen LogP contribution in [0.3, 0.4) is 0 Å². The summed E-state index contributed by atoms with van der Waals surface area (Å²) < 4.78 is 0. The minimum atomic E-state index is 0.0448. The fourth-order valence-corrected chi connectivity index (χ4v) is 3.27. The molecule has 0 bridgehead atoms. The van der Waals surface area contributed by atoms with E-state index in [0.717, 1.165) is 5.71 Å². The van der Waals surface area contributed by atoms with Crippen molar-refractivity contribution in [2.75, 3.05) is 0 Å². The molecule has 0 fully saturated rings. The van der Waals surface area contributed by atoms with Crippen molar-refractivity contribution in [1.82, 2.24) is 0 Å². The Morgan fingerprint density at radius 1 is 0.708 bits per heavy atom. The predicted molar refractivity (Wildman–Crippen MR) is 108 cm³/mol. The largest absolute Gasteiger partial charge is 0.273 e. The number of nitrogens with zero attached hydrogens (tertiary/aromatic N) is 1. The SMILES string of the molecule is CCCCCCCCC(CCCCCCCC)C(C)=NC(=O)CC. The van der Waals surface area contributed by atoms with Crippen LogP contribution >= 0.6 is 0 Å². The normalized spacial score (nSPS) is 12.1. The zero-order chi connectivity index (χ0) is 18.0. The van der Waals surface area contributed by atoms with Crippen LogP contribution in [0.15, 0.2) is 4.99 Å². The van der Waals surface area contributed by atoms with Gasteiger partial charge in [-0.25, -0.2) is 4.99 Å². The van der Waals surface area contributed by atoms with E-state index < -0.39 is 0 Å². The van der Waals surface area contributed by atoms with E-state index in [2.05, 4.69) is 25.8 Å². The molecule has 0 rings (SSSR count). The predicted octanol–water partition coefficient (Wildman–Crippen LogP) is 7.50. The van der Waals surface area contributed by atoms with Gasteiger partial charge in [0.05, 0.1) is 0 Å². The second-order valence-corrected chi connectivity index (χ2v) is 7.31. The molecule has 0 radical (unpaired) electrons. The zero-order valence-electron chi connectivity index (χ0n) is 17.0. The molecule has 24 heavy (non-hydrogen) atoms. The summed E-state index contributed by atoms with van der Waals surface area (Å²) in [6, 6.07) is 0. The first kappa shape index (κ1) is 23.3. The molecule has 1 amide bonds. The highest BCUT2D eigenvalue weighted by molar-refractivity contribution is 5.95. The molecule has 0 aromatic carbocycles. The third-order valence-corrected chi connectivity index (χ3v) is 5.01. The summed E-state index contributed by atoms with van der Waals surface area (Å²) >= 11 is 0. The van der Waals surface area contributed by atoms with E-state index in [1.165, 1.54) is 89.9 Å². The Bertz CT molecular complexity index is 306. The highest BCUT2D eigenvalue weighted by Crippen LogP contribution is 2.21. The van der Waals surface area contributed by atoms with Crippen LogP contribution in [-0.2, 0) is 4.79 Å². The molecule has 0 aliphatic rings. The summed E-state index contributed by atoms with van der Waals surface area (Å²) in [6.45, 7) is 8.50. The van der Waals surface area contributed by atoms with Crippen LogP contribution in [0.5, 0.6) is 0 Å². The average molecular weight is 338 g/mol. The van der Waals surface area contributed by atoms with Gasteiger partial charge >= 0.3 is 0 Å². The molecular formula is C22H43NO. The van der Waals surface area contributed by atoms with Gasteiger partial charge < -0.3 is 0 Å². The van der Waals surface area contributed by atoms with E-state index >= 15 is 0 Å². The van der Waals surface area contributed by atoms with E-state index in [0.29, 0.717) is 12.3 Å². The van der Waals surface area contributed by atoms with Crippen molar-refractivity contribution < 1.29 is 4.79 Å². The number of hydrogen-bond acceptors (Lipinski definition) is 1. The average Bonchev–Trinajstić information content (AvgIpc) is 2.58. The maximum atomic E-state index is 11.6. The summed E-state index contributed by atoms with van der Waals surface area (Å²) in [4.78, 5) is 16.0. The number of hydrogen-bond donors (Lipinski definition) is 0. The maximum absolute atomic E-state index is 11.6. The molecule has 0 aromatic rings. The summed E-state index contributed by atoms with van der Waals surface area (Å²) in [6.07, 6.45) is 19.0. The summed E-state index contributed by atoms with van der Waals surface area (Å²) in [5.74, 6) is 0.571. The number of aliphatic imine (C=N–C) groups is 1. The lowest BCUT2D eigenvalue weighted by Gasteiger charge is -2.17. The Kier molecular flexibility index (Phi) is 16.7. The summed E-state index contributed by atoms with van der Waals surface area (Å²) in [5, 5.41) is 0. The first-order valence-corrected chi connectivity index (χ1v) is 10.7. The molecule has 2 heteroatoms. The number of unbranched alkanes of at least 4 members (excludes halogenated alkanes) is 10. The standard InChI is InChI=1S/C22H43NO/c1-5-8-10-12-14-16-18-21(20(4)23-22(24)7-3)19-17-15-13-11-9-6-2/h21H,5-19H2,1-4H3. The van der Waals surface area contributed by atoms with Crippen LogP contribution in [0.25, 0.3) is 0 Å². The fraction of sp³-hybridized carbons (Fsp3) is 0.909. The van der Waals surface area contributed by atoms with Crippen molar-refractivity contribution in [3.8, 4) is 0 Å². The van der Waals surface area contributed by atoms with Gasteiger partial charge in [0.1, 0.15) is 0 Å². The van der Waals surface area contributed by atoms with E-state index in [9.17, 15) is 4.79 Å². The molecule has 0 atom stereocenters. The van der Waals surface area contributed by atoms with Crippen LogP contribution in [0.2, 0.25) is 0 Å². The van der Waals surface area contributed by atoms with Gasteiger partial charge in [0.15, 0.2) is 0 Å². The lowest BCUT2D eigenvalue weighted by Crippen LogP contribution is -2.13. The van der Waals surface area contributed by atoms with Gasteiger partial charge in [0, 0.05) is 12.1 Å². The van der Waals surface area contributed by atoms with Gasteiger partial charge in [0.25, 0.3) is 0 Å². The lowest BCUT2D eigenvalue weighted by molar-refractivity contribution is -0.117. The Labute approximate surface area is 151 Å². The van der Waals surface area contributed by atoms with E-state index in [1.54, 1.807) is 0 Å². The topological polar surface area (TPSA) is 29.4 Å². The molecule has 0 saturated carbocycles. The molecule has 0 saturated heterocycles. The third-order valence-electron chi connectivity index (χ3n) is 5.01. The van der Waals surface area contributed by atoms with Gasteiger partial charge in [0.2, 0.25) is 5.91 Å². The second kappa shape index (κ2) is 17.2. The van der Waals surface area contributed by atoms with Gasteiger partial charge in [-0.2, -0.15) is 0 Å². The molecule has 0 aliphatic carbocycles. The molecular weight excluding hydrogens is 294 g/mol. The Morgan fingerprint density at radius 3 is 1.54 bits per heavy atom. The van der Waals surface area contributed by atoms with Gasteiger partial charge in [-0.15, -0.1) is 0 Å². The Morgan fingerprint density at radius 2 is 1.12 bits per heavy atom. The third kappa shape index (κ3) is 13.7. The van der Waals surface area contributed by atoms with E-state index in [4.69, 9.17) is 0 Å². The molecule has 0 aromatic heterocycles. The highest BCUT2D eigenvalue weighted by atomic mass is 16.1. The lowest BCUT2D eigenvalue weighted by atomic mass is 9.90. The van der Waals surface area contributed by atoms with Crippen molar-refractivity contribution in [3.05, 3.63) is 0 Å². The minimum absolute atomic E-state index is 0.0448. The molecule has 0 unspecified atom stereocenters. The second-order valence-electron chi connectivity index (χ2n) is 7.31. The van der Waals surface area contributed by atoms with Gasteiger partial charge in [-0.1, -0.05) is 97.8 Å². The highest BCUT2D eigenvalue weighted by Gasteiger charge is 2.13. The number of carbonyl (C=O) groups excluding carboxylic acids is 1. The Hall–Kier alpha value is -0.660. The molecule has 0 spiro atoms. The van der Waals surface area contributed by atoms with Crippen LogP contribution in [-0.4, -0.2) is 11.6 Å². The molecule has 0 aliphatic heterocycles. The quantitative estimate of drug-likeness (QED) is 0.212. The first-order valence-electron chi connectivity index (χ1n) is 10.7. The van der Waals surface area contributed by atoms with Crippen molar-refractivity contribution in [2.24, 2.45) is 10.9 Å². The van der Waals surface area contributed by atoms with E-state index in [1.807, 2.05) is 6.92 Å². The first-order chi connectivity index (χ1) is 11.7. The zero-order valence-corrected chi connectivity index (χ0v) is 17.0.